The van der Waals surface area contributed by atoms with Crippen LogP contribution in [0.15, 0.2) is 12.3 Å². The minimum Gasteiger partial charge on any atom is -0.492 e. The van der Waals surface area contributed by atoms with Gasteiger partial charge in [-0.05, 0) is 6.08 Å². The summed E-state index contributed by atoms with van der Waals surface area (Å²) in [6, 6.07) is 0. The molecule has 3 atom stereocenters. The number of hydrogen-bond acceptors (Lipinski definition) is 5. The first-order chi connectivity index (χ1) is 6.31. The van der Waals surface area contributed by atoms with Gasteiger partial charge in [-0.2, -0.15) is 0 Å². The standard InChI is InChI=1S/C7H8O5/c8-3-5-6-4(1-2-10-5)11-7(9)12-6/h1-2,4-6,8H,3H2/i8T. The lowest BCUT2D eigenvalue weighted by Gasteiger charge is -2.24. The number of fused-ring (bicyclic) bond motifs is 1. The highest BCUT2D eigenvalue weighted by molar-refractivity contribution is 5.63. The van der Waals surface area contributed by atoms with E-state index in [0.29, 0.717) is 0 Å². The van der Waals surface area contributed by atoms with Crippen molar-refractivity contribution < 1.29 is 24.1 Å². The normalized spacial score (nSPS) is 39.2. The minimum absolute atomic E-state index is 0.0438. The molecule has 3 unspecified atom stereocenters. The molecule has 5 heteroatoms. The highest BCUT2D eigenvalue weighted by Gasteiger charge is 2.43. The molecule has 1 fully saturated rings. The number of hydrogen-bond donors (Lipinski definition) is 1. The van der Waals surface area contributed by atoms with Crippen molar-refractivity contribution in [3.05, 3.63) is 12.3 Å². The van der Waals surface area contributed by atoms with Gasteiger partial charge in [0.2, 0.25) is 1.43 Å². The second-order valence-corrected chi connectivity index (χ2v) is 2.58. The van der Waals surface area contributed by atoms with Crippen LogP contribution in [0.25, 0.3) is 0 Å². The van der Waals surface area contributed by atoms with Crippen molar-refractivity contribution in [1.29, 1.82) is 1.43 Å². The zero-order chi connectivity index (χ0) is 9.26. The molecule has 2 aliphatic rings. The van der Waals surface area contributed by atoms with Crippen LogP contribution in [0.4, 0.5) is 4.79 Å². The summed E-state index contributed by atoms with van der Waals surface area (Å²) < 4.78 is 21.3. The lowest BCUT2D eigenvalue weighted by Crippen LogP contribution is -2.40. The van der Waals surface area contributed by atoms with Crippen molar-refractivity contribution in [3.63, 3.8) is 0 Å². The molecule has 1 saturated heterocycles. The molecular weight excluding hydrogens is 164 g/mol. The lowest BCUT2D eigenvalue weighted by molar-refractivity contribution is -0.0310. The van der Waals surface area contributed by atoms with E-state index in [4.69, 9.17) is 15.6 Å². The van der Waals surface area contributed by atoms with Crippen LogP contribution in [-0.2, 0) is 14.2 Å². The summed E-state index contributed by atoms with van der Waals surface area (Å²) in [4.78, 5) is 10.7. The summed E-state index contributed by atoms with van der Waals surface area (Å²) >= 11 is 0. The van der Waals surface area contributed by atoms with E-state index < -0.39 is 24.5 Å². The van der Waals surface area contributed by atoms with Crippen molar-refractivity contribution in [3.8, 4) is 0 Å². The molecule has 2 aliphatic heterocycles. The molecule has 0 spiro atoms. The third-order valence-corrected chi connectivity index (χ3v) is 1.84. The smallest absolute Gasteiger partial charge is 0.492 e. The molecule has 0 aromatic rings. The molecule has 0 aliphatic carbocycles. The molecule has 12 heavy (non-hydrogen) atoms. The number of carbonyl (C=O) groups excluding carboxylic acids is 1. The maximum atomic E-state index is 10.7. The Morgan fingerprint density at radius 1 is 1.67 bits per heavy atom. The molecule has 5 nitrogen and oxygen atoms in total. The molecule has 66 valence electrons. The zero-order valence-electron chi connectivity index (χ0n) is 7.14. The average molecular weight is 174 g/mol. The number of carbonyl (C=O) groups is 1. The first-order valence-corrected chi connectivity index (χ1v) is 3.59. The molecule has 0 aromatic heterocycles. The van der Waals surface area contributed by atoms with Gasteiger partial charge in [-0.15, -0.1) is 0 Å². The van der Waals surface area contributed by atoms with Gasteiger partial charge >= 0.3 is 6.16 Å². The topological polar surface area (TPSA) is 65.0 Å². The summed E-state index contributed by atoms with van der Waals surface area (Å²) in [5, 5.41) is 4.17. The van der Waals surface area contributed by atoms with E-state index in [9.17, 15) is 4.79 Å². The second kappa shape index (κ2) is 2.67. The summed E-state index contributed by atoms with van der Waals surface area (Å²) in [6.07, 6.45) is 0.936. The predicted molar refractivity (Wildman–Crippen MR) is 36.2 cm³/mol. The Kier molecular flexibility index (Phi) is 1.40. The molecule has 0 bridgehead atoms. The SMILES string of the molecule is [3H]OCC1OC=CC2OC(=O)OC21. The van der Waals surface area contributed by atoms with E-state index in [1.807, 2.05) is 0 Å². The Morgan fingerprint density at radius 2 is 2.58 bits per heavy atom. The fraction of sp³-hybridized carbons (Fsp3) is 0.571. The molecule has 0 aromatic carbocycles. The number of aliphatic hydroxyl groups is 1. The van der Waals surface area contributed by atoms with E-state index >= 15 is 0 Å². The Balaban J connectivity index is 2.07. The number of ether oxygens (including phenoxy) is 3. The van der Waals surface area contributed by atoms with Gasteiger partial charge in [-0.3, -0.25) is 0 Å². The maximum Gasteiger partial charge on any atom is 0.509 e. The Bertz CT molecular complexity index is 241. The van der Waals surface area contributed by atoms with E-state index in [-0.39, 0.29) is 6.61 Å². The van der Waals surface area contributed by atoms with Crippen molar-refractivity contribution >= 4 is 6.16 Å². The monoisotopic (exact) mass is 174 g/mol. The van der Waals surface area contributed by atoms with Gasteiger partial charge in [0.05, 0.1) is 12.9 Å². The van der Waals surface area contributed by atoms with Crippen LogP contribution in [0.5, 0.6) is 0 Å². The second-order valence-electron chi connectivity index (χ2n) is 2.58. The van der Waals surface area contributed by atoms with Crippen LogP contribution in [0, 0.1) is 0 Å². The summed E-state index contributed by atoms with van der Waals surface area (Å²) in [6.45, 7) is 0.0438. The molecular formula is C7H8O5. The molecule has 0 saturated carbocycles. The third kappa shape index (κ3) is 1.02. The summed E-state index contributed by atoms with van der Waals surface area (Å²) in [5.74, 6) is 0. The molecule has 0 amide bonds. The fourth-order valence-electron chi connectivity index (χ4n) is 1.26. The zero-order valence-corrected chi connectivity index (χ0v) is 6.14. The van der Waals surface area contributed by atoms with Crippen molar-refractivity contribution in [2.75, 3.05) is 6.61 Å². The molecule has 1 N–H and O–H groups in total. The van der Waals surface area contributed by atoms with E-state index in [2.05, 4.69) is 5.11 Å². The predicted octanol–water partition coefficient (Wildman–Crippen LogP) is -0.205. The van der Waals surface area contributed by atoms with Crippen LogP contribution < -0.4 is 0 Å². The van der Waals surface area contributed by atoms with Gasteiger partial charge in [0.1, 0.15) is 0 Å². The van der Waals surface area contributed by atoms with Crippen LogP contribution in [0.3, 0.4) is 0 Å². The first-order valence-electron chi connectivity index (χ1n) is 3.99. The minimum atomic E-state index is -0.708. The summed E-state index contributed by atoms with van der Waals surface area (Å²) in [7, 11) is 0. The van der Waals surface area contributed by atoms with Gasteiger partial charge in [-0.1, -0.05) is 0 Å². The van der Waals surface area contributed by atoms with Crippen LogP contribution in [-0.4, -0.2) is 37.6 Å². The van der Waals surface area contributed by atoms with Gasteiger partial charge < -0.3 is 19.3 Å². The Hall–Kier alpha value is -1.23. The highest BCUT2D eigenvalue weighted by atomic mass is 16.8. The van der Waals surface area contributed by atoms with Crippen molar-refractivity contribution in [2.24, 2.45) is 0 Å². The fourth-order valence-corrected chi connectivity index (χ4v) is 1.26. The highest BCUT2D eigenvalue weighted by Crippen LogP contribution is 2.24. The molecule has 2 heterocycles. The van der Waals surface area contributed by atoms with E-state index in [1.54, 1.807) is 6.08 Å². The van der Waals surface area contributed by atoms with E-state index in [1.165, 1.54) is 6.26 Å². The average Bonchev–Trinajstić information content (AvgIpc) is 2.47. The van der Waals surface area contributed by atoms with Gasteiger partial charge in [-0.25, -0.2) is 4.79 Å². The molecule has 2 rings (SSSR count). The quantitative estimate of drug-likeness (QED) is 0.587. The summed E-state index contributed by atoms with van der Waals surface area (Å²) in [5.41, 5.74) is 0. The third-order valence-electron chi connectivity index (χ3n) is 1.84. The van der Waals surface area contributed by atoms with Gasteiger partial charge in [0.15, 0.2) is 18.3 Å². The maximum absolute atomic E-state index is 10.7. The first kappa shape index (κ1) is 6.30. The van der Waals surface area contributed by atoms with Gasteiger partial charge in [0.25, 0.3) is 0 Å². The van der Waals surface area contributed by atoms with Crippen molar-refractivity contribution in [1.82, 2.24) is 0 Å². The Morgan fingerprint density at radius 3 is 3.42 bits per heavy atom. The van der Waals surface area contributed by atoms with Crippen LogP contribution in [0.1, 0.15) is 0 Å². The van der Waals surface area contributed by atoms with E-state index in [0.717, 1.165) is 0 Å². The number of rotatable bonds is 2. The number of aliphatic hydroxyl groups excluding tert-OH is 1. The largest absolute Gasteiger partial charge is 0.509 e. The van der Waals surface area contributed by atoms with Gasteiger partial charge in [0, 0.05) is 0 Å². The lowest BCUT2D eigenvalue weighted by atomic mass is 10.1. The van der Waals surface area contributed by atoms with Crippen LogP contribution in [0.2, 0.25) is 0 Å². The Labute approximate surface area is 70.0 Å². The van der Waals surface area contributed by atoms with Crippen LogP contribution >= 0.6 is 0 Å². The van der Waals surface area contributed by atoms with Crippen molar-refractivity contribution in [2.45, 2.75) is 18.3 Å². The molecule has 0 radical (unpaired) electrons.